The molecular weight excluding hydrogens is 312 g/mol. The van der Waals surface area contributed by atoms with Crippen molar-refractivity contribution in [3.05, 3.63) is 52.7 Å². The fourth-order valence-corrected chi connectivity index (χ4v) is 3.31. The highest BCUT2D eigenvalue weighted by molar-refractivity contribution is 7.20. The minimum absolute atomic E-state index is 0.0561. The molecule has 0 saturated carbocycles. The van der Waals surface area contributed by atoms with Crippen molar-refractivity contribution in [1.29, 1.82) is 0 Å². The fraction of sp³-hybridized carbons (Fsp3) is 0.200. The lowest BCUT2D eigenvalue weighted by molar-refractivity contribution is 0.712. The number of aromatic nitrogens is 5. The van der Waals surface area contributed by atoms with Gasteiger partial charge in [-0.1, -0.05) is 23.5 Å². The zero-order valence-corrected chi connectivity index (χ0v) is 13.2. The van der Waals surface area contributed by atoms with E-state index in [0.29, 0.717) is 18.8 Å². The molecule has 0 unspecified atom stereocenters. The summed E-state index contributed by atoms with van der Waals surface area (Å²) < 4.78 is 3.48. The first-order valence-electron chi connectivity index (χ1n) is 7.22. The standard InChI is InChI=1S/C15H14N6OS/c1-10-13(22)20(12-5-3-2-4-11(12)18-10)8-6-16-14-19-21-9-7-17-15(21)23-14/h2-5,7,9H,6,8H2,1H3,(H,16,19). The summed E-state index contributed by atoms with van der Waals surface area (Å²) >= 11 is 1.48. The number of anilines is 1. The Morgan fingerprint density at radius 3 is 3.04 bits per heavy atom. The highest BCUT2D eigenvalue weighted by Gasteiger charge is 2.08. The number of benzene rings is 1. The van der Waals surface area contributed by atoms with Gasteiger partial charge in [-0.15, -0.1) is 5.10 Å². The molecule has 0 aliphatic carbocycles. The Morgan fingerprint density at radius 2 is 2.17 bits per heavy atom. The van der Waals surface area contributed by atoms with Crippen LogP contribution < -0.4 is 10.9 Å². The van der Waals surface area contributed by atoms with Crippen LogP contribution in [0.2, 0.25) is 0 Å². The summed E-state index contributed by atoms with van der Waals surface area (Å²) in [5.41, 5.74) is 2.13. The molecule has 8 heteroatoms. The molecule has 7 nitrogen and oxygen atoms in total. The fourth-order valence-electron chi connectivity index (χ4n) is 2.53. The van der Waals surface area contributed by atoms with E-state index in [9.17, 15) is 4.79 Å². The number of hydrogen-bond acceptors (Lipinski definition) is 6. The zero-order valence-electron chi connectivity index (χ0n) is 12.4. The third kappa shape index (κ3) is 2.46. The lowest BCUT2D eigenvalue weighted by Crippen LogP contribution is -2.27. The Kier molecular flexibility index (Phi) is 3.30. The Hall–Kier alpha value is -2.74. The number of imidazole rings is 1. The van der Waals surface area contributed by atoms with E-state index in [0.717, 1.165) is 21.1 Å². The number of fused-ring (bicyclic) bond motifs is 2. The Balaban J connectivity index is 1.59. The predicted molar refractivity (Wildman–Crippen MR) is 90.1 cm³/mol. The monoisotopic (exact) mass is 326 g/mol. The van der Waals surface area contributed by atoms with Gasteiger partial charge in [0.15, 0.2) is 0 Å². The number of para-hydroxylation sites is 2. The molecule has 116 valence electrons. The van der Waals surface area contributed by atoms with E-state index in [4.69, 9.17) is 0 Å². The van der Waals surface area contributed by atoms with Crippen molar-refractivity contribution in [1.82, 2.24) is 24.1 Å². The van der Waals surface area contributed by atoms with Gasteiger partial charge < -0.3 is 9.88 Å². The van der Waals surface area contributed by atoms with Gasteiger partial charge >= 0.3 is 0 Å². The van der Waals surface area contributed by atoms with Crippen molar-refractivity contribution in [2.24, 2.45) is 0 Å². The lowest BCUT2D eigenvalue weighted by Gasteiger charge is -2.11. The molecule has 0 radical (unpaired) electrons. The van der Waals surface area contributed by atoms with Crippen molar-refractivity contribution in [3.63, 3.8) is 0 Å². The normalized spacial score (nSPS) is 11.3. The van der Waals surface area contributed by atoms with Crippen LogP contribution in [0.25, 0.3) is 16.0 Å². The summed E-state index contributed by atoms with van der Waals surface area (Å²) in [7, 11) is 0. The van der Waals surface area contributed by atoms with Crippen molar-refractivity contribution in [3.8, 4) is 0 Å². The summed E-state index contributed by atoms with van der Waals surface area (Å²) in [6.07, 6.45) is 3.52. The summed E-state index contributed by atoms with van der Waals surface area (Å²) in [4.78, 5) is 21.7. The number of nitrogens with zero attached hydrogens (tertiary/aromatic N) is 5. The van der Waals surface area contributed by atoms with E-state index >= 15 is 0 Å². The van der Waals surface area contributed by atoms with Crippen LogP contribution in [0.15, 0.2) is 41.5 Å². The van der Waals surface area contributed by atoms with Gasteiger partial charge in [-0.2, -0.15) is 0 Å². The van der Waals surface area contributed by atoms with Gasteiger partial charge in [-0.3, -0.25) is 4.79 Å². The molecule has 4 rings (SSSR count). The zero-order chi connectivity index (χ0) is 15.8. The van der Waals surface area contributed by atoms with E-state index in [2.05, 4.69) is 20.4 Å². The molecule has 23 heavy (non-hydrogen) atoms. The maximum Gasteiger partial charge on any atom is 0.272 e. The van der Waals surface area contributed by atoms with Crippen molar-refractivity contribution < 1.29 is 0 Å². The van der Waals surface area contributed by atoms with Crippen LogP contribution in [0, 0.1) is 6.92 Å². The second kappa shape index (κ2) is 5.47. The van der Waals surface area contributed by atoms with Gasteiger partial charge in [-0.05, 0) is 19.1 Å². The largest absolute Gasteiger partial charge is 0.358 e. The molecule has 0 amide bonds. The first kappa shape index (κ1) is 13.9. The van der Waals surface area contributed by atoms with Gasteiger partial charge in [0.05, 0.1) is 17.2 Å². The second-order valence-electron chi connectivity index (χ2n) is 5.13. The van der Waals surface area contributed by atoms with Crippen LogP contribution in [0.3, 0.4) is 0 Å². The minimum atomic E-state index is -0.0561. The molecule has 4 aromatic rings. The molecule has 3 aromatic heterocycles. The summed E-state index contributed by atoms with van der Waals surface area (Å²) in [5, 5.41) is 8.40. The van der Waals surface area contributed by atoms with Crippen molar-refractivity contribution in [2.45, 2.75) is 13.5 Å². The van der Waals surface area contributed by atoms with Crippen LogP contribution in [0.1, 0.15) is 5.69 Å². The first-order chi connectivity index (χ1) is 11.2. The average molecular weight is 326 g/mol. The third-order valence-electron chi connectivity index (χ3n) is 3.60. The summed E-state index contributed by atoms with van der Waals surface area (Å²) in [6.45, 7) is 2.89. The number of aryl methyl sites for hydroxylation is 1. The van der Waals surface area contributed by atoms with E-state index in [1.54, 1.807) is 28.4 Å². The molecule has 1 N–H and O–H groups in total. The SMILES string of the molecule is Cc1nc2ccccc2n(CCNc2nn3ccnc3s2)c1=O. The molecule has 0 spiro atoms. The van der Waals surface area contributed by atoms with Crippen LogP contribution in [-0.2, 0) is 6.54 Å². The molecule has 0 atom stereocenters. The van der Waals surface area contributed by atoms with E-state index in [1.165, 1.54) is 11.3 Å². The Bertz CT molecular complexity index is 1020. The summed E-state index contributed by atoms with van der Waals surface area (Å²) in [6, 6.07) is 7.67. The lowest BCUT2D eigenvalue weighted by atomic mass is 10.3. The molecule has 0 saturated heterocycles. The molecule has 0 fully saturated rings. The van der Waals surface area contributed by atoms with Gasteiger partial charge in [-0.25, -0.2) is 14.5 Å². The number of rotatable bonds is 4. The van der Waals surface area contributed by atoms with E-state index in [-0.39, 0.29) is 5.56 Å². The molecule has 0 aliphatic heterocycles. The number of hydrogen-bond donors (Lipinski definition) is 1. The van der Waals surface area contributed by atoms with Gasteiger partial charge in [0.25, 0.3) is 5.56 Å². The van der Waals surface area contributed by atoms with Crippen LogP contribution >= 0.6 is 11.3 Å². The quantitative estimate of drug-likeness (QED) is 0.620. The predicted octanol–water partition coefficient (Wildman–Crippen LogP) is 1.92. The van der Waals surface area contributed by atoms with Crippen molar-refractivity contribution >= 4 is 32.5 Å². The maximum atomic E-state index is 12.4. The molecule has 0 bridgehead atoms. The second-order valence-corrected chi connectivity index (χ2v) is 6.09. The molecule has 3 heterocycles. The highest BCUT2D eigenvalue weighted by atomic mass is 32.1. The summed E-state index contributed by atoms with van der Waals surface area (Å²) in [5.74, 6) is 0. The smallest absolute Gasteiger partial charge is 0.272 e. The number of nitrogens with one attached hydrogen (secondary N) is 1. The minimum Gasteiger partial charge on any atom is -0.358 e. The van der Waals surface area contributed by atoms with Gasteiger partial charge in [0, 0.05) is 19.3 Å². The molecule has 0 aliphatic rings. The van der Waals surface area contributed by atoms with Crippen molar-refractivity contribution in [2.75, 3.05) is 11.9 Å². The maximum absolute atomic E-state index is 12.4. The van der Waals surface area contributed by atoms with Gasteiger partial charge in [0.2, 0.25) is 10.1 Å². The van der Waals surface area contributed by atoms with Gasteiger partial charge in [0.1, 0.15) is 5.69 Å². The van der Waals surface area contributed by atoms with Crippen LogP contribution in [-0.4, -0.2) is 30.7 Å². The topological polar surface area (TPSA) is 77.1 Å². The van der Waals surface area contributed by atoms with E-state index in [1.807, 2.05) is 24.3 Å². The average Bonchev–Trinajstić information content (AvgIpc) is 3.12. The first-order valence-corrected chi connectivity index (χ1v) is 8.04. The third-order valence-corrected chi connectivity index (χ3v) is 4.50. The highest BCUT2D eigenvalue weighted by Crippen LogP contribution is 2.17. The van der Waals surface area contributed by atoms with Crippen LogP contribution in [0.5, 0.6) is 0 Å². The Labute approximate surface area is 135 Å². The van der Waals surface area contributed by atoms with Crippen LogP contribution in [0.4, 0.5) is 5.13 Å². The van der Waals surface area contributed by atoms with E-state index < -0.39 is 0 Å². The molecular formula is C15H14N6OS. The molecule has 1 aromatic carbocycles. The Morgan fingerprint density at radius 1 is 1.30 bits per heavy atom.